The largest absolute Gasteiger partial charge is 0.497 e. The number of piperidine rings is 1. The average Bonchev–Trinajstić information content (AvgIpc) is 2.72. The molecular formula is C21H35IN4O3. The van der Waals surface area contributed by atoms with E-state index in [1.165, 1.54) is 6.42 Å². The number of aliphatic imine (C=N–C) groups is 1. The fraction of sp³-hybridized carbons (Fsp3) is 0.619. The maximum absolute atomic E-state index is 12.5. The van der Waals surface area contributed by atoms with E-state index in [1.54, 1.807) is 14.2 Å². The smallest absolute Gasteiger partial charge is 0.224 e. The molecule has 1 fully saturated rings. The number of methoxy groups -OCH3 is 2. The van der Waals surface area contributed by atoms with Crippen molar-refractivity contribution < 1.29 is 14.3 Å². The Labute approximate surface area is 191 Å². The zero-order valence-corrected chi connectivity index (χ0v) is 20.3. The van der Waals surface area contributed by atoms with Gasteiger partial charge in [-0.15, -0.1) is 24.0 Å². The summed E-state index contributed by atoms with van der Waals surface area (Å²) in [7, 11) is 3.27. The first-order valence-corrected chi connectivity index (χ1v) is 10.1. The number of nitrogens with one attached hydrogen (secondary N) is 2. The van der Waals surface area contributed by atoms with E-state index in [1.807, 2.05) is 30.0 Å². The molecule has 0 aromatic heterocycles. The first-order valence-electron chi connectivity index (χ1n) is 10.1. The standard InChI is InChI=1S/C21H34N4O3.HI/c1-5-22-21(23-12-11-20(26)25-13-7-6-8-16(25)2)24-15-17-9-10-18(27-3)14-19(17)28-4;/h9-10,14,16H,5-8,11-13,15H2,1-4H3,(H2,22,23,24);1H. The van der Waals surface area contributed by atoms with Crippen molar-refractivity contribution in [2.24, 2.45) is 4.99 Å². The maximum Gasteiger partial charge on any atom is 0.224 e. The number of hydrogen-bond acceptors (Lipinski definition) is 4. The number of ether oxygens (including phenoxy) is 2. The van der Waals surface area contributed by atoms with Crippen molar-refractivity contribution in [3.05, 3.63) is 23.8 Å². The van der Waals surface area contributed by atoms with Gasteiger partial charge in [0.2, 0.25) is 5.91 Å². The summed E-state index contributed by atoms with van der Waals surface area (Å²) in [6.07, 6.45) is 3.90. The highest BCUT2D eigenvalue weighted by Gasteiger charge is 2.22. The number of guanidine groups is 1. The Morgan fingerprint density at radius 1 is 1.24 bits per heavy atom. The van der Waals surface area contributed by atoms with Gasteiger partial charge >= 0.3 is 0 Å². The highest BCUT2D eigenvalue weighted by molar-refractivity contribution is 14.0. The maximum atomic E-state index is 12.5. The van der Waals surface area contributed by atoms with Crippen molar-refractivity contribution in [3.8, 4) is 11.5 Å². The topological polar surface area (TPSA) is 75.2 Å². The lowest BCUT2D eigenvalue weighted by Crippen LogP contribution is -2.44. The van der Waals surface area contributed by atoms with E-state index in [2.05, 4.69) is 22.5 Å². The van der Waals surface area contributed by atoms with E-state index in [4.69, 9.17) is 9.47 Å². The summed E-state index contributed by atoms with van der Waals surface area (Å²) in [4.78, 5) is 19.1. The van der Waals surface area contributed by atoms with Crippen LogP contribution in [0, 0.1) is 0 Å². The average molecular weight is 518 g/mol. The SMILES string of the molecule is CCNC(=NCc1ccc(OC)cc1OC)NCCC(=O)N1CCCCC1C.I. The van der Waals surface area contributed by atoms with Crippen LogP contribution in [0.3, 0.4) is 0 Å². The minimum Gasteiger partial charge on any atom is -0.497 e. The molecule has 8 heteroatoms. The minimum absolute atomic E-state index is 0. The van der Waals surface area contributed by atoms with Gasteiger partial charge in [0.15, 0.2) is 5.96 Å². The van der Waals surface area contributed by atoms with Gasteiger partial charge in [-0.1, -0.05) is 0 Å². The lowest BCUT2D eigenvalue weighted by molar-refractivity contribution is -0.134. The molecule has 0 saturated carbocycles. The lowest BCUT2D eigenvalue weighted by Gasteiger charge is -2.33. The molecule has 1 unspecified atom stereocenters. The van der Waals surface area contributed by atoms with Crippen LogP contribution in [0.2, 0.25) is 0 Å². The number of amides is 1. The van der Waals surface area contributed by atoms with Gasteiger partial charge in [0.25, 0.3) is 0 Å². The summed E-state index contributed by atoms with van der Waals surface area (Å²) in [5, 5.41) is 6.49. The molecule has 0 bridgehead atoms. The molecule has 1 heterocycles. The third-order valence-corrected chi connectivity index (χ3v) is 5.00. The van der Waals surface area contributed by atoms with E-state index in [0.29, 0.717) is 31.5 Å². The van der Waals surface area contributed by atoms with Crippen molar-refractivity contribution in [1.29, 1.82) is 0 Å². The van der Waals surface area contributed by atoms with Crippen LogP contribution in [0.5, 0.6) is 11.5 Å². The minimum atomic E-state index is 0. The molecule has 29 heavy (non-hydrogen) atoms. The number of rotatable bonds is 8. The molecule has 164 valence electrons. The van der Waals surface area contributed by atoms with Gasteiger partial charge in [0.1, 0.15) is 11.5 Å². The van der Waals surface area contributed by atoms with Crippen LogP contribution in [0.25, 0.3) is 0 Å². The molecule has 0 spiro atoms. The van der Waals surface area contributed by atoms with Gasteiger partial charge < -0.3 is 25.0 Å². The summed E-state index contributed by atoms with van der Waals surface area (Å²) in [5.74, 6) is 2.40. The summed E-state index contributed by atoms with van der Waals surface area (Å²) in [6.45, 7) is 6.82. The van der Waals surface area contributed by atoms with Crippen molar-refractivity contribution in [3.63, 3.8) is 0 Å². The van der Waals surface area contributed by atoms with Crippen LogP contribution in [-0.2, 0) is 11.3 Å². The van der Waals surface area contributed by atoms with Crippen molar-refractivity contribution >= 4 is 35.8 Å². The van der Waals surface area contributed by atoms with Gasteiger partial charge in [-0.05, 0) is 45.2 Å². The van der Waals surface area contributed by atoms with Gasteiger partial charge in [0, 0.05) is 43.7 Å². The number of nitrogens with zero attached hydrogens (tertiary/aromatic N) is 2. The Bertz CT molecular complexity index is 669. The molecule has 1 amide bonds. The van der Waals surface area contributed by atoms with E-state index >= 15 is 0 Å². The van der Waals surface area contributed by atoms with E-state index in [9.17, 15) is 4.79 Å². The third kappa shape index (κ3) is 7.91. The predicted molar refractivity (Wildman–Crippen MR) is 127 cm³/mol. The molecule has 1 atom stereocenters. The Kier molecular flexibility index (Phi) is 11.8. The number of benzene rings is 1. The molecular weight excluding hydrogens is 483 g/mol. The van der Waals surface area contributed by atoms with E-state index in [0.717, 1.165) is 43.0 Å². The van der Waals surface area contributed by atoms with Crippen molar-refractivity contribution in [1.82, 2.24) is 15.5 Å². The first kappa shape index (κ1) is 25.3. The van der Waals surface area contributed by atoms with E-state index in [-0.39, 0.29) is 29.9 Å². The van der Waals surface area contributed by atoms with Crippen LogP contribution in [0.1, 0.15) is 45.1 Å². The fourth-order valence-electron chi connectivity index (χ4n) is 3.39. The van der Waals surface area contributed by atoms with Crippen molar-refractivity contribution in [2.45, 2.75) is 52.1 Å². The molecule has 7 nitrogen and oxygen atoms in total. The molecule has 1 aromatic rings. The molecule has 1 aliphatic rings. The quantitative estimate of drug-likeness (QED) is 0.314. The molecule has 1 saturated heterocycles. The summed E-state index contributed by atoms with van der Waals surface area (Å²) >= 11 is 0. The lowest BCUT2D eigenvalue weighted by atomic mass is 10.0. The highest BCUT2D eigenvalue weighted by Crippen LogP contribution is 2.25. The summed E-state index contributed by atoms with van der Waals surface area (Å²) in [5.41, 5.74) is 0.971. The van der Waals surface area contributed by atoms with Crippen LogP contribution in [0.15, 0.2) is 23.2 Å². The van der Waals surface area contributed by atoms with Crippen LogP contribution in [0.4, 0.5) is 0 Å². The van der Waals surface area contributed by atoms with Crippen molar-refractivity contribution in [2.75, 3.05) is 33.9 Å². The normalized spacial score (nSPS) is 16.6. The number of halogens is 1. The number of likely N-dealkylation sites (tertiary alicyclic amines) is 1. The fourth-order valence-corrected chi connectivity index (χ4v) is 3.39. The molecule has 1 aliphatic heterocycles. The van der Waals surface area contributed by atoms with Gasteiger partial charge in [-0.3, -0.25) is 4.79 Å². The Hall–Kier alpha value is -1.71. The number of carbonyl (C=O) groups is 1. The second-order valence-corrected chi connectivity index (χ2v) is 6.98. The summed E-state index contributed by atoms with van der Waals surface area (Å²) < 4.78 is 10.7. The molecule has 2 rings (SSSR count). The van der Waals surface area contributed by atoms with Crippen LogP contribution >= 0.6 is 24.0 Å². The number of hydrogen-bond donors (Lipinski definition) is 2. The molecule has 2 N–H and O–H groups in total. The molecule has 0 aliphatic carbocycles. The molecule has 1 aromatic carbocycles. The van der Waals surface area contributed by atoms with Gasteiger partial charge in [0.05, 0.1) is 20.8 Å². The first-order chi connectivity index (χ1) is 13.6. The van der Waals surface area contributed by atoms with E-state index < -0.39 is 0 Å². The predicted octanol–water partition coefficient (Wildman–Crippen LogP) is 3.17. The Balaban J connectivity index is 0.00000420. The Morgan fingerprint density at radius 2 is 2.03 bits per heavy atom. The molecule has 0 radical (unpaired) electrons. The second-order valence-electron chi connectivity index (χ2n) is 6.98. The zero-order chi connectivity index (χ0) is 20.4. The number of carbonyl (C=O) groups excluding carboxylic acids is 1. The van der Waals surface area contributed by atoms with Gasteiger partial charge in [-0.25, -0.2) is 4.99 Å². The van der Waals surface area contributed by atoms with Crippen LogP contribution < -0.4 is 20.1 Å². The monoisotopic (exact) mass is 518 g/mol. The summed E-state index contributed by atoms with van der Waals surface area (Å²) in [6, 6.07) is 6.05. The van der Waals surface area contributed by atoms with Crippen LogP contribution in [-0.4, -0.2) is 56.7 Å². The zero-order valence-electron chi connectivity index (χ0n) is 18.0. The Morgan fingerprint density at radius 3 is 2.69 bits per heavy atom. The second kappa shape index (κ2) is 13.5. The van der Waals surface area contributed by atoms with Gasteiger partial charge in [-0.2, -0.15) is 0 Å². The highest BCUT2D eigenvalue weighted by atomic mass is 127. The third-order valence-electron chi connectivity index (χ3n) is 5.00.